The van der Waals surface area contributed by atoms with Gasteiger partial charge in [0.1, 0.15) is 11.6 Å². The Morgan fingerprint density at radius 3 is 2.61 bits per heavy atom. The van der Waals surface area contributed by atoms with E-state index in [0.717, 1.165) is 19.3 Å². The van der Waals surface area contributed by atoms with E-state index in [4.69, 9.17) is 4.74 Å². The number of carbonyl (C=O) groups is 2. The molecule has 0 aliphatic carbocycles. The van der Waals surface area contributed by atoms with E-state index in [2.05, 4.69) is 15.3 Å². The molecular formula is C25H25FN4O3. The van der Waals surface area contributed by atoms with Crippen molar-refractivity contribution in [3.8, 4) is 5.75 Å². The summed E-state index contributed by atoms with van der Waals surface area (Å²) in [7, 11) is 0. The second-order valence-corrected chi connectivity index (χ2v) is 7.89. The highest BCUT2D eigenvalue weighted by Crippen LogP contribution is 2.29. The topological polar surface area (TPSA) is 84.4 Å². The molecule has 2 aromatic carbocycles. The van der Waals surface area contributed by atoms with E-state index in [0.29, 0.717) is 35.1 Å². The maximum atomic E-state index is 13.1. The molecule has 1 aliphatic heterocycles. The molecule has 1 N–H and O–H groups in total. The highest BCUT2D eigenvalue weighted by atomic mass is 19.1. The number of benzene rings is 2. The largest absolute Gasteiger partial charge is 0.484 e. The van der Waals surface area contributed by atoms with Gasteiger partial charge in [-0.1, -0.05) is 18.2 Å². The molecule has 1 aromatic heterocycles. The maximum absolute atomic E-state index is 13.1. The number of aromatic nitrogens is 2. The molecule has 1 saturated heterocycles. The molecular weight excluding hydrogens is 423 g/mol. The van der Waals surface area contributed by atoms with Crippen molar-refractivity contribution in [3.63, 3.8) is 0 Å². The number of halogens is 1. The predicted molar refractivity (Wildman–Crippen MR) is 121 cm³/mol. The van der Waals surface area contributed by atoms with E-state index in [1.807, 2.05) is 30.3 Å². The van der Waals surface area contributed by atoms with Crippen LogP contribution in [0.1, 0.15) is 47.2 Å². The van der Waals surface area contributed by atoms with Gasteiger partial charge in [0.05, 0.1) is 17.3 Å². The number of carbonyl (C=O) groups excluding carboxylic acids is 2. The standard InChI is InChI=1S/C25H25FN4O3/c1-17-21(25(32)29-19-12-10-18(26)11-13-19)15-27-24(28-17)22-9-5-6-14-30(22)23(31)16-33-20-7-3-2-4-8-20/h2-4,7-8,10-13,15,22H,5-6,9,14,16H2,1H3,(H,29,32)/t22-/m0/s1. The summed E-state index contributed by atoms with van der Waals surface area (Å²) >= 11 is 0. The molecule has 2 amide bonds. The van der Waals surface area contributed by atoms with Gasteiger partial charge in [-0.15, -0.1) is 0 Å². The number of hydrogen-bond acceptors (Lipinski definition) is 5. The molecule has 4 rings (SSSR count). The van der Waals surface area contributed by atoms with Crippen molar-refractivity contribution in [2.24, 2.45) is 0 Å². The lowest BCUT2D eigenvalue weighted by Crippen LogP contribution is -2.41. The normalized spacial score (nSPS) is 15.7. The van der Waals surface area contributed by atoms with Crippen LogP contribution in [-0.4, -0.2) is 39.8 Å². The lowest BCUT2D eigenvalue weighted by Gasteiger charge is -2.34. The van der Waals surface area contributed by atoms with E-state index in [1.165, 1.54) is 30.5 Å². The van der Waals surface area contributed by atoms with E-state index < -0.39 is 0 Å². The summed E-state index contributed by atoms with van der Waals surface area (Å²) in [4.78, 5) is 36.3. The Morgan fingerprint density at radius 2 is 1.88 bits per heavy atom. The number of aryl methyl sites for hydroxylation is 1. The molecule has 0 radical (unpaired) electrons. The molecule has 0 unspecified atom stereocenters. The lowest BCUT2D eigenvalue weighted by atomic mass is 10.0. The lowest BCUT2D eigenvalue weighted by molar-refractivity contribution is -0.137. The number of piperidine rings is 1. The minimum atomic E-state index is -0.377. The van der Waals surface area contributed by atoms with Crippen LogP contribution < -0.4 is 10.1 Å². The summed E-state index contributed by atoms with van der Waals surface area (Å²) in [5, 5.41) is 2.72. The molecule has 0 bridgehead atoms. The molecule has 33 heavy (non-hydrogen) atoms. The molecule has 7 nitrogen and oxygen atoms in total. The van der Waals surface area contributed by atoms with Crippen LogP contribution in [0.25, 0.3) is 0 Å². The van der Waals surface area contributed by atoms with Gasteiger partial charge < -0.3 is 15.0 Å². The Labute approximate surface area is 191 Å². The SMILES string of the molecule is Cc1nc([C@@H]2CCCCN2C(=O)COc2ccccc2)ncc1C(=O)Nc1ccc(F)cc1. The van der Waals surface area contributed by atoms with Gasteiger partial charge in [-0.2, -0.15) is 0 Å². The Bertz CT molecular complexity index is 1120. The summed E-state index contributed by atoms with van der Waals surface area (Å²) in [6.07, 6.45) is 4.10. The third-order valence-corrected chi connectivity index (χ3v) is 5.57. The number of nitrogens with zero attached hydrogens (tertiary/aromatic N) is 3. The average Bonchev–Trinajstić information content (AvgIpc) is 2.84. The van der Waals surface area contributed by atoms with Crippen LogP contribution in [0.5, 0.6) is 5.75 Å². The zero-order valence-electron chi connectivity index (χ0n) is 18.3. The average molecular weight is 448 g/mol. The number of para-hydroxylation sites is 1. The minimum absolute atomic E-state index is 0.0579. The third-order valence-electron chi connectivity index (χ3n) is 5.57. The summed E-state index contributed by atoms with van der Waals surface area (Å²) < 4.78 is 18.7. The molecule has 8 heteroatoms. The van der Waals surface area contributed by atoms with Crippen molar-refractivity contribution in [3.05, 3.63) is 83.7 Å². The van der Waals surface area contributed by atoms with Crippen molar-refractivity contribution in [2.45, 2.75) is 32.2 Å². The van der Waals surface area contributed by atoms with Gasteiger partial charge in [0.25, 0.3) is 11.8 Å². The molecule has 1 fully saturated rings. The first-order valence-electron chi connectivity index (χ1n) is 10.9. The second-order valence-electron chi connectivity index (χ2n) is 7.89. The van der Waals surface area contributed by atoms with Crippen LogP contribution in [0, 0.1) is 12.7 Å². The highest BCUT2D eigenvalue weighted by molar-refractivity contribution is 6.04. The fourth-order valence-electron chi connectivity index (χ4n) is 3.84. The molecule has 2 heterocycles. The zero-order valence-corrected chi connectivity index (χ0v) is 18.3. The second kappa shape index (κ2) is 10.2. The van der Waals surface area contributed by atoms with E-state index in [1.54, 1.807) is 11.8 Å². The predicted octanol–water partition coefficient (Wildman–Crippen LogP) is 4.31. The van der Waals surface area contributed by atoms with Gasteiger partial charge in [0.2, 0.25) is 0 Å². The van der Waals surface area contributed by atoms with Crippen molar-refractivity contribution in [1.29, 1.82) is 0 Å². The van der Waals surface area contributed by atoms with Gasteiger partial charge >= 0.3 is 0 Å². The minimum Gasteiger partial charge on any atom is -0.484 e. The Morgan fingerprint density at radius 1 is 1.12 bits per heavy atom. The van der Waals surface area contributed by atoms with Crippen LogP contribution in [0.3, 0.4) is 0 Å². The fraction of sp³-hybridized carbons (Fsp3) is 0.280. The van der Waals surface area contributed by atoms with Crippen LogP contribution in [0.15, 0.2) is 60.8 Å². The third kappa shape index (κ3) is 5.52. The van der Waals surface area contributed by atoms with Gasteiger partial charge in [-0.25, -0.2) is 14.4 Å². The highest BCUT2D eigenvalue weighted by Gasteiger charge is 2.30. The number of amides is 2. The van der Waals surface area contributed by atoms with Gasteiger partial charge in [-0.05, 0) is 62.6 Å². The van der Waals surface area contributed by atoms with Gasteiger partial charge in [-0.3, -0.25) is 9.59 Å². The zero-order chi connectivity index (χ0) is 23.2. The maximum Gasteiger partial charge on any atom is 0.261 e. The van der Waals surface area contributed by atoms with E-state index in [-0.39, 0.29) is 30.3 Å². The van der Waals surface area contributed by atoms with Crippen molar-refractivity contribution in [1.82, 2.24) is 14.9 Å². The van der Waals surface area contributed by atoms with Crippen molar-refractivity contribution >= 4 is 17.5 Å². The molecule has 0 saturated carbocycles. The number of rotatable bonds is 6. The van der Waals surface area contributed by atoms with Gasteiger partial charge in [0.15, 0.2) is 12.4 Å². The molecule has 0 spiro atoms. The summed E-state index contributed by atoms with van der Waals surface area (Å²) in [5.74, 6) is 0.278. The summed E-state index contributed by atoms with van der Waals surface area (Å²) in [5.41, 5.74) is 1.31. The molecule has 1 aliphatic rings. The number of hydrogen-bond donors (Lipinski definition) is 1. The van der Waals surface area contributed by atoms with Crippen LogP contribution in [0.4, 0.5) is 10.1 Å². The number of nitrogens with one attached hydrogen (secondary N) is 1. The Balaban J connectivity index is 1.46. The van der Waals surface area contributed by atoms with Crippen LogP contribution in [0.2, 0.25) is 0 Å². The van der Waals surface area contributed by atoms with Crippen LogP contribution >= 0.6 is 0 Å². The number of likely N-dealkylation sites (tertiary alicyclic amines) is 1. The first-order valence-corrected chi connectivity index (χ1v) is 10.9. The Hall–Kier alpha value is -3.81. The van der Waals surface area contributed by atoms with Crippen LogP contribution in [-0.2, 0) is 4.79 Å². The van der Waals surface area contributed by atoms with Crippen molar-refractivity contribution in [2.75, 3.05) is 18.5 Å². The van der Waals surface area contributed by atoms with E-state index in [9.17, 15) is 14.0 Å². The quantitative estimate of drug-likeness (QED) is 0.608. The van der Waals surface area contributed by atoms with E-state index >= 15 is 0 Å². The molecule has 3 aromatic rings. The smallest absolute Gasteiger partial charge is 0.261 e. The van der Waals surface area contributed by atoms with Gasteiger partial charge in [0, 0.05) is 18.4 Å². The fourth-order valence-corrected chi connectivity index (χ4v) is 3.84. The molecule has 170 valence electrons. The monoisotopic (exact) mass is 448 g/mol. The first-order chi connectivity index (χ1) is 16.0. The number of ether oxygens (including phenoxy) is 1. The molecule has 1 atom stereocenters. The number of anilines is 1. The van der Waals surface area contributed by atoms with Crippen molar-refractivity contribution < 1.29 is 18.7 Å². The summed E-state index contributed by atoms with van der Waals surface area (Å²) in [6.45, 7) is 2.28. The summed E-state index contributed by atoms with van der Waals surface area (Å²) in [6, 6.07) is 14.5. The Kier molecular flexibility index (Phi) is 6.92. The first kappa shape index (κ1) is 22.4.